The van der Waals surface area contributed by atoms with Crippen LogP contribution in [0, 0.1) is 5.82 Å². The smallest absolute Gasteiger partial charge is 0.251 e. The van der Waals surface area contributed by atoms with Crippen LogP contribution in [0.4, 0.5) is 10.1 Å². The summed E-state index contributed by atoms with van der Waals surface area (Å²) in [5, 5.41) is 0. The molecule has 1 saturated heterocycles. The number of carbonyl (C=O) groups excluding carboxylic acids is 2. The minimum atomic E-state index is -0.515. The van der Waals surface area contributed by atoms with Gasteiger partial charge in [-0.2, -0.15) is 0 Å². The monoisotopic (exact) mass is 384 g/mol. The van der Waals surface area contributed by atoms with Crippen LogP contribution in [0.1, 0.15) is 17.5 Å². The largest absolute Gasteiger partial charge is 0.493 e. The van der Waals surface area contributed by atoms with Crippen LogP contribution >= 0.6 is 0 Å². The van der Waals surface area contributed by atoms with Crippen molar-refractivity contribution in [2.75, 3.05) is 25.7 Å². The van der Waals surface area contributed by atoms with Crippen LogP contribution < -0.4 is 14.4 Å². The molecule has 2 aliphatic rings. The van der Waals surface area contributed by atoms with Gasteiger partial charge in [-0.1, -0.05) is 0 Å². The van der Waals surface area contributed by atoms with Crippen molar-refractivity contribution >= 4 is 17.5 Å². The average molecular weight is 384 g/mol. The predicted molar refractivity (Wildman–Crippen MR) is 101 cm³/mol. The number of imide groups is 1. The maximum Gasteiger partial charge on any atom is 0.251 e. The lowest BCUT2D eigenvalue weighted by atomic mass is 9.97. The van der Waals surface area contributed by atoms with E-state index in [1.165, 1.54) is 24.3 Å². The Morgan fingerprint density at radius 3 is 2.29 bits per heavy atom. The molecule has 1 atom stereocenters. The van der Waals surface area contributed by atoms with E-state index in [-0.39, 0.29) is 18.2 Å². The van der Waals surface area contributed by atoms with Crippen molar-refractivity contribution in [2.45, 2.75) is 25.4 Å². The molecule has 1 fully saturated rings. The first-order chi connectivity index (χ1) is 13.5. The summed E-state index contributed by atoms with van der Waals surface area (Å²) < 4.78 is 23.9. The molecule has 0 N–H and O–H groups in total. The summed E-state index contributed by atoms with van der Waals surface area (Å²) in [5.41, 5.74) is 2.62. The molecule has 0 aliphatic carbocycles. The summed E-state index contributed by atoms with van der Waals surface area (Å²) in [6.07, 6.45) is 0.878. The van der Waals surface area contributed by atoms with Crippen LogP contribution in [-0.2, 0) is 22.6 Å². The zero-order valence-corrected chi connectivity index (χ0v) is 15.8. The molecule has 2 amide bonds. The van der Waals surface area contributed by atoms with Crippen LogP contribution in [0.15, 0.2) is 36.4 Å². The van der Waals surface area contributed by atoms with Crippen molar-refractivity contribution in [1.29, 1.82) is 0 Å². The van der Waals surface area contributed by atoms with Crippen LogP contribution in [0.3, 0.4) is 0 Å². The number of anilines is 1. The molecule has 0 aromatic heterocycles. The second kappa shape index (κ2) is 7.24. The van der Waals surface area contributed by atoms with Gasteiger partial charge in [0, 0.05) is 13.1 Å². The van der Waals surface area contributed by atoms with E-state index in [0.717, 1.165) is 22.4 Å². The number of nitrogens with zero attached hydrogens (tertiary/aromatic N) is 2. The molecule has 0 bridgehead atoms. The summed E-state index contributed by atoms with van der Waals surface area (Å²) in [6, 6.07) is 8.79. The Labute approximate surface area is 162 Å². The quantitative estimate of drug-likeness (QED) is 0.759. The lowest BCUT2D eigenvalue weighted by Crippen LogP contribution is -2.44. The zero-order chi connectivity index (χ0) is 19.8. The summed E-state index contributed by atoms with van der Waals surface area (Å²) in [7, 11) is 3.19. The number of amides is 2. The third-order valence-corrected chi connectivity index (χ3v) is 5.40. The van der Waals surface area contributed by atoms with Crippen molar-refractivity contribution in [3.8, 4) is 11.5 Å². The van der Waals surface area contributed by atoms with E-state index in [1.54, 1.807) is 14.2 Å². The second-order valence-corrected chi connectivity index (χ2v) is 6.96. The zero-order valence-electron chi connectivity index (χ0n) is 15.8. The number of fused-ring (bicyclic) bond motifs is 1. The number of benzene rings is 2. The Hall–Kier alpha value is -2.93. The van der Waals surface area contributed by atoms with Crippen LogP contribution in [0.25, 0.3) is 0 Å². The van der Waals surface area contributed by atoms with E-state index >= 15 is 0 Å². The normalized spacial score (nSPS) is 19.7. The molecule has 7 heteroatoms. The van der Waals surface area contributed by atoms with E-state index in [2.05, 4.69) is 0 Å². The standard InChI is InChI=1S/C21H21FN2O4/c1-27-18-9-13-7-8-23(12-14(13)10-19(18)28-2)17-11-20(25)24(21(17)26)16-5-3-15(22)4-6-16/h3-6,9-10,17H,7-8,11-12H2,1-2H3/t17-/m1/s1. The molecule has 4 rings (SSSR count). The first-order valence-corrected chi connectivity index (χ1v) is 9.12. The molecule has 2 heterocycles. The first kappa shape index (κ1) is 18.4. The molecule has 0 radical (unpaired) electrons. The molecule has 0 unspecified atom stereocenters. The van der Waals surface area contributed by atoms with Crippen molar-refractivity contribution in [1.82, 2.24) is 4.90 Å². The van der Waals surface area contributed by atoms with Gasteiger partial charge in [-0.15, -0.1) is 0 Å². The highest BCUT2D eigenvalue weighted by molar-refractivity contribution is 6.22. The lowest BCUT2D eigenvalue weighted by molar-refractivity contribution is -0.123. The Morgan fingerprint density at radius 2 is 1.64 bits per heavy atom. The number of rotatable bonds is 4. The van der Waals surface area contributed by atoms with Gasteiger partial charge in [0.1, 0.15) is 5.82 Å². The van der Waals surface area contributed by atoms with Crippen molar-refractivity contribution < 1.29 is 23.5 Å². The number of hydrogen-bond donors (Lipinski definition) is 0. The maximum absolute atomic E-state index is 13.2. The van der Waals surface area contributed by atoms with Gasteiger partial charge in [0.05, 0.1) is 32.4 Å². The second-order valence-electron chi connectivity index (χ2n) is 6.96. The lowest BCUT2D eigenvalue weighted by Gasteiger charge is -2.32. The summed E-state index contributed by atoms with van der Waals surface area (Å²) in [4.78, 5) is 28.6. The van der Waals surface area contributed by atoms with E-state index in [0.29, 0.717) is 30.3 Å². The van der Waals surface area contributed by atoms with Gasteiger partial charge >= 0.3 is 0 Å². The highest BCUT2D eigenvalue weighted by Crippen LogP contribution is 2.35. The SMILES string of the molecule is COc1cc2c(cc1OC)CN([C@@H]1CC(=O)N(c3ccc(F)cc3)C1=O)CC2. The molecule has 146 valence electrons. The number of methoxy groups -OCH3 is 2. The third-order valence-electron chi connectivity index (χ3n) is 5.40. The van der Waals surface area contributed by atoms with Crippen molar-refractivity contribution in [3.63, 3.8) is 0 Å². The molecule has 2 aromatic rings. The van der Waals surface area contributed by atoms with E-state index in [1.807, 2.05) is 17.0 Å². The van der Waals surface area contributed by atoms with Crippen LogP contribution in [-0.4, -0.2) is 43.5 Å². The predicted octanol–water partition coefficient (Wildman–Crippen LogP) is 2.53. The van der Waals surface area contributed by atoms with E-state index in [9.17, 15) is 14.0 Å². The van der Waals surface area contributed by atoms with Gasteiger partial charge in [-0.3, -0.25) is 14.5 Å². The van der Waals surface area contributed by atoms with Crippen molar-refractivity contribution in [3.05, 3.63) is 53.3 Å². The number of ether oxygens (including phenoxy) is 2. The van der Waals surface area contributed by atoms with Crippen LogP contribution in [0.2, 0.25) is 0 Å². The fraction of sp³-hybridized carbons (Fsp3) is 0.333. The van der Waals surface area contributed by atoms with E-state index < -0.39 is 11.9 Å². The maximum atomic E-state index is 13.2. The molecule has 28 heavy (non-hydrogen) atoms. The van der Waals surface area contributed by atoms with Crippen LogP contribution in [0.5, 0.6) is 11.5 Å². The topological polar surface area (TPSA) is 59.1 Å². The highest BCUT2D eigenvalue weighted by Gasteiger charge is 2.43. The molecular formula is C21H21FN2O4. The number of halogens is 1. The average Bonchev–Trinajstić information content (AvgIpc) is 3.01. The van der Waals surface area contributed by atoms with Gasteiger partial charge in [0.25, 0.3) is 5.91 Å². The van der Waals surface area contributed by atoms with Gasteiger partial charge in [0.2, 0.25) is 5.91 Å². The van der Waals surface area contributed by atoms with Gasteiger partial charge in [-0.25, -0.2) is 9.29 Å². The fourth-order valence-electron chi connectivity index (χ4n) is 3.93. The van der Waals surface area contributed by atoms with Crippen molar-refractivity contribution in [2.24, 2.45) is 0 Å². The number of hydrogen-bond acceptors (Lipinski definition) is 5. The fourth-order valence-corrected chi connectivity index (χ4v) is 3.93. The third kappa shape index (κ3) is 3.11. The van der Waals surface area contributed by atoms with Gasteiger partial charge < -0.3 is 9.47 Å². The Morgan fingerprint density at radius 1 is 1.00 bits per heavy atom. The summed E-state index contributed by atoms with van der Waals surface area (Å²) >= 11 is 0. The minimum Gasteiger partial charge on any atom is -0.493 e. The molecule has 2 aliphatic heterocycles. The molecule has 2 aromatic carbocycles. The Kier molecular flexibility index (Phi) is 4.77. The first-order valence-electron chi connectivity index (χ1n) is 9.12. The Balaban J connectivity index is 1.57. The summed E-state index contributed by atoms with van der Waals surface area (Å²) in [5.74, 6) is 0.394. The Bertz CT molecular complexity index is 929. The van der Waals surface area contributed by atoms with Gasteiger partial charge in [0.15, 0.2) is 11.5 Å². The van der Waals surface area contributed by atoms with Gasteiger partial charge in [-0.05, 0) is 53.9 Å². The number of carbonyl (C=O) groups is 2. The highest BCUT2D eigenvalue weighted by atomic mass is 19.1. The molecule has 0 spiro atoms. The summed E-state index contributed by atoms with van der Waals surface area (Å²) in [6.45, 7) is 1.22. The molecular weight excluding hydrogens is 363 g/mol. The van der Waals surface area contributed by atoms with E-state index in [4.69, 9.17) is 9.47 Å². The molecule has 6 nitrogen and oxygen atoms in total. The molecule has 0 saturated carbocycles. The minimum absolute atomic E-state index is 0.124.